The molecule has 0 aromatic heterocycles. The van der Waals surface area contributed by atoms with E-state index >= 15 is 0 Å². The van der Waals surface area contributed by atoms with Crippen molar-refractivity contribution in [2.45, 2.75) is 5.92 Å². The monoisotopic (exact) mass is 440 g/mol. The average Bonchev–Trinajstić information content (AvgIpc) is 2.77. The van der Waals surface area contributed by atoms with Crippen LogP contribution in [0.15, 0.2) is 78.9 Å². The van der Waals surface area contributed by atoms with Gasteiger partial charge in [0.15, 0.2) is 0 Å². The van der Waals surface area contributed by atoms with Gasteiger partial charge in [0.25, 0.3) is 0 Å². The van der Waals surface area contributed by atoms with Crippen LogP contribution in [0.5, 0.6) is 34.5 Å². The van der Waals surface area contributed by atoms with Crippen LogP contribution in [0.1, 0.15) is 22.6 Å². The van der Waals surface area contributed by atoms with Crippen molar-refractivity contribution in [2.24, 2.45) is 0 Å². The van der Waals surface area contributed by atoms with Gasteiger partial charge in [-0.25, -0.2) is 0 Å². The summed E-state index contributed by atoms with van der Waals surface area (Å²) in [7, 11) is 0. The highest BCUT2D eigenvalue weighted by Gasteiger charge is 2.31. The summed E-state index contributed by atoms with van der Waals surface area (Å²) >= 11 is 0. The van der Waals surface area contributed by atoms with Crippen molar-refractivity contribution in [1.82, 2.24) is 0 Å². The van der Waals surface area contributed by atoms with Gasteiger partial charge in [0.1, 0.15) is 34.5 Å². The van der Waals surface area contributed by atoms with Crippen molar-refractivity contribution in [1.29, 1.82) is 0 Å². The first-order valence-electron chi connectivity index (χ1n) is 10.2. The van der Waals surface area contributed by atoms with Gasteiger partial charge in [-0.2, -0.15) is 0 Å². The van der Waals surface area contributed by atoms with Crippen molar-refractivity contribution in [3.05, 3.63) is 95.6 Å². The molecule has 0 spiro atoms. The van der Waals surface area contributed by atoms with Crippen LogP contribution < -0.4 is 0 Å². The molecule has 33 heavy (non-hydrogen) atoms. The van der Waals surface area contributed by atoms with E-state index in [1.807, 2.05) is 0 Å². The van der Waals surface area contributed by atoms with Crippen LogP contribution in [0.4, 0.5) is 0 Å². The van der Waals surface area contributed by atoms with Crippen molar-refractivity contribution in [3.8, 4) is 34.5 Å². The van der Waals surface area contributed by atoms with Crippen molar-refractivity contribution >= 4 is 21.5 Å². The minimum absolute atomic E-state index is 0.0330. The first-order chi connectivity index (χ1) is 15.8. The number of hydrogen-bond donors (Lipinski definition) is 6. The molecule has 0 saturated carbocycles. The van der Waals surface area contributed by atoms with Crippen LogP contribution >= 0.6 is 0 Å². The van der Waals surface area contributed by atoms with Gasteiger partial charge in [0, 0.05) is 22.6 Å². The normalized spacial score (nSPS) is 11.4. The summed E-state index contributed by atoms with van der Waals surface area (Å²) in [6.45, 7) is 0. The number of hydrogen-bond acceptors (Lipinski definition) is 6. The Hall–Kier alpha value is -4.58. The largest absolute Gasteiger partial charge is 0.508 e. The molecule has 5 aromatic carbocycles. The van der Waals surface area contributed by atoms with E-state index in [4.69, 9.17) is 0 Å². The fourth-order valence-corrected chi connectivity index (χ4v) is 4.52. The third-order valence-electron chi connectivity index (χ3n) is 5.97. The Balaban J connectivity index is 1.99. The zero-order valence-electron chi connectivity index (χ0n) is 17.3. The van der Waals surface area contributed by atoms with E-state index in [0.717, 1.165) is 0 Å². The molecule has 6 N–H and O–H groups in total. The van der Waals surface area contributed by atoms with E-state index in [1.54, 1.807) is 24.3 Å². The lowest BCUT2D eigenvalue weighted by Crippen LogP contribution is -2.07. The number of benzene rings is 5. The van der Waals surface area contributed by atoms with E-state index in [1.165, 1.54) is 54.6 Å². The molecule has 0 fully saturated rings. The van der Waals surface area contributed by atoms with Gasteiger partial charge < -0.3 is 30.6 Å². The standard InChI is InChI=1S/C27H20O6/c28-16-8-4-14-6-10-22(32)24(18(14)12-16)27(26-20(30)2-1-3-21(26)31)25-19-13-17(29)9-5-15(19)7-11-23(25)33/h1-13,27-33H. The second kappa shape index (κ2) is 7.53. The topological polar surface area (TPSA) is 121 Å². The summed E-state index contributed by atoms with van der Waals surface area (Å²) in [5.41, 5.74) is 0.604. The molecule has 0 amide bonds. The van der Waals surface area contributed by atoms with Gasteiger partial charge >= 0.3 is 0 Å². The minimum Gasteiger partial charge on any atom is -0.508 e. The molecule has 6 heteroatoms. The van der Waals surface area contributed by atoms with Crippen molar-refractivity contribution < 1.29 is 30.6 Å². The Morgan fingerprint density at radius 2 is 0.818 bits per heavy atom. The summed E-state index contributed by atoms with van der Waals surface area (Å²) < 4.78 is 0. The molecule has 0 radical (unpaired) electrons. The van der Waals surface area contributed by atoms with Crippen LogP contribution in [0.25, 0.3) is 21.5 Å². The van der Waals surface area contributed by atoms with Gasteiger partial charge in [-0.15, -0.1) is 0 Å². The fraction of sp³-hybridized carbons (Fsp3) is 0.0370. The lowest BCUT2D eigenvalue weighted by molar-refractivity contribution is 0.431. The quantitative estimate of drug-likeness (QED) is 0.209. The Morgan fingerprint density at radius 3 is 1.27 bits per heavy atom. The lowest BCUT2D eigenvalue weighted by atomic mass is 9.79. The third kappa shape index (κ3) is 3.29. The SMILES string of the molecule is Oc1ccc2ccc(O)c(C(c3c(O)cccc3O)c3c(O)ccc4ccc(O)cc34)c2c1. The molecule has 0 atom stereocenters. The highest BCUT2D eigenvalue weighted by atomic mass is 16.3. The zero-order chi connectivity index (χ0) is 23.3. The molecular formula is C27H20O6. The first-order valence-corrected chi connectivity index (χ1v) is 10.2. The van der Waals surface area contributed by atoms with Gasteiger partial charge in [0.05, 0.1) is 0 Å². The number of rotatable bonds is 3. The second-order valence-electron chi connectivity index (χ2n) is 7.95. The lowest BCUT2D eigenvalue weighted by Gasteiger charge is -2.25. The van der Waals surface area contributed by atoms with Crippen molar-refractivity contribution in [3.63, 3.8) is 0 Å². The molecule has 0 aliphatic rings. The molecule has 0 unspecified atom stereocenters. The maximum atomic E-state index is 11.0. The molecule has 0 aliphatic carbocycles. The first kappa shape index (κ1) is 20.3. The van der Waals surface area contributed by atoms with Gasteiger partial charge in [0.2, 0.25) is 0 Å². The van der Waals surface area contributed by atoms with Crippen LogP contribution in [0.2, 0.25) is 0 Å². The maximum Gasteiger partial charge on any atom is 0.123 e. The van der Waals surface area contributed by atoms with Crippen molar-refractivity contribution in [2.75, 3.05) is 0 Å². The molecule has 0 bridgehead atoms. The maximum absolute atomic E-state index is 11.0. The summed E-state index contributed by atoms with van der Waals surface area (Å²) in [5.74, 6) is -1.91. The van der Waals surface area contributed by atoms with Crippen LogP contribution in [0, 0.1) is 0 Å². The molecule has 0 saturated heterocycles. The highest BCUT2D eigenvalue weighted by molar-refractivity contribution is 5.95. The summed E-state index contributed by atoms with van der Waals surface area (Å²) in [6, 6.07) is 20.0. The number of phenolic OH excluding ortho intramolecular Hbond substituents is 6. The second-order valence-corrected chi connectivity index (χ2v) is 7.95. The highest BCUT2D eigenvalue weighted by Crippen LogP contribution is 2.51. The average molecular weight is 440 g/mol. The molecular weight excluding hydrogens is 420 g/mol. The summed E-state index contributed by atoms with van der Waals surface area (Å²) in [5, 5.41) is 66.3. The Kier molecular flexibility index (Phi) is 4.64. The van der Waals surface area contributed by atoms with E-state index in [0.29, 0.717) is 21.5 Å². The van der Waals surface area contributed by atoms with Crippen LogP contribution in [-0.4, -0.2) is 30.6 Å². The van der Waals surface area contributed by atoms with E-state index in [2.05, 4.69) is 0 Å². The minimum atomic E-state index is -1.05. The number of phenols is 6. The Bertz CT molecular complexity index is 1420. The summed E-state index contributed by atoms with van der Waals surface area (Å²) in [4.78, 5) is 0. The number of fused-ring (bicyclic) bond motifs is 2. The van der Waals surface area contributed by atoms with Crippen LogP contribution in [0.3, 0.4) is 0 Å². The van der Waals surface area contributed by atoms with Gasteiger partial charge in [-0.05, 0) is 70.1 Å². The van der Waals surface area contributed by atoms with E-state index in [-0.39, 0.29) is 51.2 Å². The Morgan fingerprint density at radius 1 is 0.424 bits per heavy atom. The zero-order valence-corrected chi connectivity index (χ0v) is 17.3. The predicted octanol–water partition coefficient (Wildman–Crippen LogP) is 5.41. The van der Waals surface area contributed by atoms with Gasteiger partial charge in [-0.3, -0.25) is 0 Å². The molecule has 0 aliphatic heterocycles. The number of aromatic hydroxyl groups is 6. The Labute approximate surface area is 188 Å². The molecule has 6 nitrogen and oxygen atoms in total. The molecule has 164 valence electrons. The fourth-order valence-electron chi connectivity index (χ4n) is 4.52. The van der Waals surface area contributed by atoms with Gasteiger partial charge in [-0.1, -0.05) is 30.3 Å². The van der Waals surface area contributed by atoms with Crippen LogP contribution in [-0.2, 0) is 0 Å². The smallest absolute Gasteiger partial charge is 0.123 e. The molecule has 5 rings (SSSR count). The predicted molar refractivity (Wildman–Crippen MR) is 125 cm³/mol. The summed E-state index contributed by atoms with van der Waals surface area (Å²) in [6.07, 6.45) is 0. The van der Waals surface area contributed by atoms with E-state index < -0.39 is 5.92 Å². The van der Waals surface area contributed by atoms with E-state index in [9.17, 15) is 30.6 Å². The third-order valence-corrected chi connectivity index (χ3v) is 5.97. The molecule has 0 heterocycles. The molecule has 5 aromatic rings.